The van der Waals surface area contributed by atoms with Gasteiger partial charge in [-0.25, -0.2) is 4.98 Å². The van der Waals surface area contributed by atoms with Crippen LogP contribution in [0.3, 0.4) is 0 Å². The fourth-order valence-corrected chi connectivity index (χ4v) is 2.89. The summed E-state index contributed by atoms with van der Waals surface area (Å²) in [6.45, 7) is 10.9. The molecule has 1 aliphatic rings. The normalized spacial score (nSPS) is 21.1. The van der Waals surface area contributed by atoms with Crippen LogP contribution in [0.4, 0.5) is 0 Å². The van der Waals surface area contributed by atoms with Gasteiger partial charge < -0.3 is 10.2 Å². The summed E-state index contributed by atoms with van der Waals surface area (Å²) < 4.78 is 0. The van der Waals surface area contributed by atoms with Crippen molar-refractivity contribution in [3.63, 3.8) is 0 Å². The van der Waals surface area contributed by atoms with Crippen molar-refractivity contribution < 1.29 is 4.79 Å². The molecule has 2 rings (SSSR count). The minimum absolute atomic E-state index is 0.0122. The summed E-state index contributed by atoms with van der Waals surface area (Å²) in [6.07, 6.45) is 0. The third kappa shape index (κ3) is 2.72. The zero-order chi connectivity index (χ0) is 13.3. The lowest BCUT2D eigenvalue weighted by Gasteiger charge is -2.33. The van der Waals surface area contributed by atoms with Gasteiger partial charge in [0, 0.05) is 36.5 Å². The highest BCUT2D eigenvalue weighted by molar-refractivity contribution is 7.10. The van der Waals surface area contributed by atoms with Crippen molar-refractivity contribution >= 4 is 17.2 Å². The highest BCUT2D eigenvalue weighted by atomic mass is 32.1. The molecule has 4 nitrogen and oxygen atoms in total. The van der Waals surface area contributed by atoms with Crippen LogP contribution in [0.25, 0.3) is 0 Å². The van der Waals surface area contributed by atoms with Gasteiger partial charge in [-0.2, -0.15) is 0 Å². The maximum absolute atomic E-state index is 12.4. The van der Waals surface area contributed by atoms with Crippen LogP contribution >= 0.6 is 11.3 Å². The van der Waals surface area contributed by atoms with Crippen molar-refractivity contribution in [2.24, 2.45) is 0 Å². The molecular weight excluding hydrogens is 246 g/mol. The standard InChI is InChI=1S/C13H21N3OS/c1-9-7-14-5-6-16(9)11(17)10-8-18-12(15-10)13(2,3)4/h8-9,14H,5-7H2,1-4H3/t9-/m0/s1. The van der Waals surface area contributed by atoms with Crippen LogP contribution in [0.1, 0.15) is 43.2 Å². The van der Waals surface area contributed by atoms with Crippen molar-refractivity contribution in [2.45, 2.75) is 39.2 Å². The molecule has 2 heterocycles. The summed E-state index contributed by atoms with van der Waals surface area (Å²) in [4.78, 5) is 18.8. The molecule has 5 heteroatoms. The van der Waals surface area contributed by atoms with Crippen molar-refractivity contribution in [3.8, 4) is 0 Å². The van der Waals surface area contributed by atoms with Crippen LogP contribution < -0.4 is 5.32 Å². The van der Waals surface area contributed by atoms with E-state index in [1.165, 1.54) is 0 Å². The molecule has 1 saturated heterocycles. The Labute approximate surface area is 112 Å². The van der Waals surface area contributed by atoms with E-state index in [1.807, 2.05) is 10.3 Å². The van der Waals surface area contributed by atoms with E-state index in [-0.39, 0.29) is 17.4 Å². The number of thiazole rings is 1. The molecule has 1 aromatic rings. The summed E-state index contributed by atoms with van der Waals surface area (Å²) in [5.41, 5.74) is 0.608. The van der Waals surface area contributed by atoms with Crippen LogP contribution in [-0.4, -0.2) is 41.5 Å². The minimum Gasteiger partial charge on any atom is -0.332 e. The average Bonchev–Trinajstić information content (AvgIpc) is 2.77. The molecule has 1 aliphatic heterocycles. The van der Waals surface area contributed by atoms with E-state index < -0.39 is 0 Å². The monoisotopic (exact) mass is 267 g/mol. The Kier molecular flexibility index (Phi) is 3.73. The number of hydrogen-bond donors (Lipinski definition) is 1. The number of nitrogens with zero attached hydrogens (tertiary/aromatic N) is 2. The van der Waals surface area contributed by atoms with Crippen LogP contribution in [0.5, 0.6) is 0 Å². The van der Waals surface area contributed by atoms with Gasteiger partial charge in [0.15, 0.2) is 0 Å². The Hall–Kier alpha value is -0.940. The van der Waals surface area contributed by atoms with Crippen LogP contribution in [0.15, 0.2) is 5.38 Å². The van der Waals surface area contributed by atoms with Crippen molar-refractivity contribution in [2.75, 3.05) is 19.6 Å². The minimum atomic E-state index is 0.0122. The van der Waals surface area contributed by atoms with Gasteiger partial charge in [0.2, 0.25) is 0 Å². The molecule has 18 heavy (non-hydrogen) atoms. The number of carbonyl (C=O) groups is 1. The second-order valence-electron chi connectivity index (χ2n) is 5.84. The smallest absolute Gasteiger partial charge is 0.273 e. The molecular formula is C13H21N3OS. The van der Waals surface area contributed by atoms with E-state index >= 15 is 0 Å². The van der Waals surface area contributed by atoms with Gasteiger partial charge in [0.1, 0.15) is 5.69 Å². The number of aromatic nitrogens is 1. The largest absolute Gasteiger partial charge is 0.332 e. The zero-order valence-corrected chi connectivity index (χ0v) is 12.3. The lowest BCUT2D eigenvalue weighted by atomic mass is 9.98. The van der Waals surface area contributed by atoms with Crippen molar-refractivity contribution in [1.82, 2.24) is 15.2 Å². The van der Waals surface area contributed by atoms with E-state index in [2.05, 4.69) is 38.0 Å². The number of nitrogens with one attached hydrogen (secondary N) is 1. The fourth-order valence-electron chi connectivity index (χ4n) is 2.01. The first-order chi connectivity index (χ1) is 8.39. The maximum atomic E-state index is 12.4. The number of hydrogen-bond acceptors (Lipinski definition) is 4. The Balaban J connectivity index is 2.16. The third-order valence-corrected chi connectivity index (χ3v) is 4.40. The number of amides is 1. The third-order valence-electron chi connectivity index (χ3n) is 3.13. The SMILES string of the molecule is C[C@H]1CNCCN1C(=O)c1csc(C(C)(C)C)n1. The molecule has 0 aliphatic carbocycles. The highest BCUT2D eigenvalue weighted by Crippen LogP contribution is 2.26. The summed E-state index contributed by atoms with van der Waals surface area (Å²) in [7, 11) is 0. The summed E-state index contributed by atoms with van der Waals surface area (Å²) in [5, 5.41) is 6.20. The maximum Gasteiger partial charge on any atom is 0.273 e. The fraction of sp³-hybridized carbons (Fsp3) is 0.692. The Morgan fingerprint density at radius 3 is 2.83 bits per heavy atom. The van der Waals surface area contributed by atoms with Gasteiger partial charge in [-0.1, -0.05) is 20.8 Å². The molecule has 0 radical (unpaired) electrons. The molecule has 0 saturated carbocycles. The number of carbonyl (C=O) groups excluding carboxylic acids is 1. The first-order valence-corrected chi connectivity index (χ1v) is 7.25. The van der Waals surface area contributed by atoms with Gasteiger partial charge in [-0.3, -0.25) is 4.79 Å². The van der Waals surface area contributed by atoms with E-state index in [0.29, 0.717) is 5.69 Å². The van der Waals surface area contributed by atoms with E-state index in [1.54, 1.807) is 11.3 Å². The van der Waals surface area contributed by atoms with Crippen LogP contribution in [0.2, 0.25) is 0 Å². The molecule has 1 fully saturated rings. The van der Waals surface area contributed by atoms with Crippen molar-refractivity contribution in [3.05, 3.63) is 16.1 Å². The van der Waals surface area contributed by atoms with Gasteiger partial charge in [-0.05, 0) is 6.92 Å². The second kappa shape index (κ2) is 4.97. The summed E-state index contributed by atoms with van der Waals surface area (Å²) in [6, 6.07) is 0.242. The Bertz CT molecular complexity index is 436. The highest BCUT2D eigenvalue weighted by Gasteiger charge is 2.27. The zero-order valence-electron chi connectivity index (χ0n) is 11.5. The second-order valence-corrected chi connectivity index (χ2v) is 6.70. The predicted molar refractivity (Wildman–Crippen MR) is 74.2 cm³/mol. The van der Waals surface area contributed by atoms with Crippen LogP contribution in [0, 0.1) is 0 Å². The quantitative estimate of drug-likeness (QED) is 0.845. The molecule has 1 atom stereocenters. The summed E-state index contributed by atoms with van der Waals surface area (Å²) in [5.74, 6) is 0.0655. The molecule has 1 amide bonds. The molecule has 1 aromatic heterocycles. The van der Waals surface area contributed by atoms with E-state index in [0.717, 1.165) is 24.6 Å². The molecule has 0 unspecified atom stereocenters. The van der Waals surface area contributed by atoms with Gasteiger partial charge in [-0.15, -0.1) is 11.3 Å². The first-order valence-electron chi connectivity index (χ1n) is 6.37. The molecule has 0 aromatic carbocycles. The van der Waals surface area contributed by atoms with Crippen LogP contribution in [-0.2, 0) is 5.41 Å². The molecule has 1 N–H and O–H groups in total. The predicted octanol–water partition coefficient (Wildman–Crippen LogP) is 1.87. The Morgan fingerprint density at radius 2 is 2.28 bits per heavy atom. The van der Waals surface area contributed by atoms with E-state index in [9.17, 15) is 4.79 Å². The average molecular weight is 267 g/mol. The lowest BCUT2D eigenvalue weighted by Crippen LogP contribution is -2.52. The summed E-state index contributed by atoms with van der Waals surface area (Å²) >= 11 is 1.58. The topological polar surface area (TPSA) is 45.2 Å². The van der Waals surface area contributed by atoms with Gasteiger partial charge in [0.25, 0.3) is 5.91 Å². The van der Waals surface area contributed by atoms with E-state index in [4.69, 9.17) is 0 Å². The number of piperazine rings is 1. The molecule has 100 valence electrons. The van der Waals surface area contributed by atoms with Gasteiger partial charge in [0.05, 0.1) is 5.01 Å². The molecule has 0 bridgehead atoms. The first kappa shape index (κ1) is 13.5. The molecule has 0 spiro atoms. The lowest BCUT2D eigenvalue weighted by molar-refractivity contribution is 0.0650. The van der Waals surface area contributed by atoms with Crippen molar-refractivity contribution in [1.29, 1.82) is 0 Å². The number of rotatable bonds is 1. The Morgan fingerprint density at radius 1 is 1.56 bits per heavy atom. The van der Waals surface area contributed by atoms with Gasteiger partial charge >= 0.3 is 0 Å².